The fraction of sp³-hybridized carbons (Fsp3) is 0. The van der Waals surface area contributed by atoms with Crippen molar-refractivity contribution in [2.75, 3.05) is 4.90 Å². The van der Waals surface area contributed by atoms with E-state index in [1.54, 1.807) is 0 Å². The first kappa shape index (κ1) is 17.8. The number of carboxylic acid groups (broad SMARTS) is 1. The van der Waals surface area contributed by atoms with Gasteiger partial charge in [-0.1, -0.05) is 52.2 Å². The highest BCUT2D eigenvalue weighted by Crippen LogP contribution is 2.45. The van der Waals surface area contributed by atoms with E-state index in [1.165, 1.54) is 0 Å². The summed E-state index contributed by atoms with van der Waals surface area (Å²) >= 11 is 23.8. The number of hydrogen-bond donors (Lipinski definition) is 1. The first-order chi connectivity index (χ1) is 11.7. The van der Waals surface area contributed by atoms with Gasteiger partial charge in [-0.25, -0.2) is 9.69 Å². The molecule has 10 heteroatoms. The molecular weight excluding hydrogens is 416 g/mol. The number of carbonyl (C=O) groups is 3. The quantitative estimate of drug-likeness (QED) is 0.452. The van der Waals surface area contributed by atoms with Gasteiger partial charge in [-0.15, -0.1) is 0 Å². The molecule has 0 spiro atoms. The molecule has 25 heavy (non-hydrogen) atoms. The molecule has 0 fully saturated rings. The van der Waals surface area contributed by atoms with Crippen LogP contribution in [0.1, 0.15) is 31.1 Å². The van der Waals surface area contributed by atoms with Gasteiger partial charge in [-0.2, -0.15) is 0 Å². The number of amides is 2. The number of imide groups is 1. The minimum Gasteiger partial charge on any atom is -0.872 e. The van der Waals surface area contributed by atoms with Gasteiger partial charge in [-0.05, 0) is 18.2 Å². The van der Waals surface area contributed by atoms with Crippen LogP contribution >= 0.6 is 46.4 Å². The van der Waals surface area contributed by atoms with E-state index >= 15 is 0 Å². The second kappa shape index (κ2) is 6.07. The average Bonchev–Trinajstić information content (AvgIpc) is 2.81. The molecule has 3 rings (SSSR count). The maximum absolute atomic E-state index is 12.6. The second-order valence-corrected chi connectivity index (χ2v) is 6.45. The van der Waals surface area contributed by atoms with E-state index in [9.17, 15) is 19.5 Å². The van der Waals surface area contributed by atoms with E-state index < -0.39 is 29.1 Å². The lowest BCUT2D eigenvalue weighted by molar-refractivity contribution is -0.268. The number of rotatable bonds is 2. The molecule has 128 valence electrons. The number of hydrogen-bond acceptors (Lipinski definition) is 4. The maximum atomic E-state index is 12.6. The Morgan fingerprint density at radius 2 is 1.40 bits per heavy atom. The number of nitrogens with zero attached hydrogens (tertiary/aromatic N) is 1. The number of halogens is 4. The SMILES string of the molecule is O=C(O)c1ccc(N2C(=O)c3c(Cl)c(Cl)c(Cl)c(Cl)c3C2=O)cc1[O-]. The van der Waals surface area contributed by atoms with Gasteiger partial charge in [0, 0.05) is 0 Å². The molecule has 2 amide bonds. The molecule has 2 aromatic carbocycles. The van der Waals surface area contributed by atoms with Gasteiger partial charge in [0.05, 0.1) is 42.5 Å². The molecule has 1 N–H and O–H groups in total. The van der Waals surface area contributed by atoms with Crippen LogP contribution in [0, 0.1) is 0 Å². The predicted molar refractivity (Wildman–Crippen MR) is 90.5 cm³/mol. The average molecular weight is 420 g/mol. The van der Waals surface area contributed by atoms with Crippen LogP contribution in [-0.4, -0.2) is 22.9 Å². The molecule has 0 saturated heterocycles. The highest BCUT2D eigenvalue weighted by molar-refractivity contribution is 6.56. The molecule has 0 aromatic heterocycles. The Morgan fingerprint density at radius 1 is 0.920 bits per heavy atom. The van der Waals surface area contributed by atoms with Crippen LogP contribution in [0.15, 0.2) is 18.2 Å². The highest BCUT2D eigenvalue weighted by atomic mass is 35.5. The van der Waals surface area contributed by atoms with E-state index in [0.29, 0.717) is 4.90 Å². The third kappa shape index (κ3) is 2.53. The molecule has 1 aliphatic heterocycles. The standard InChI is InChI=1S/C15H5Cl4NO5/c16-9-7-8(10(17)12(19)11(9)18)14(23)20(13(7)22)4-1-2-5(15(24)25)6(21)3-4/h1-3,21H,(H,24,25)/p-1. The van der Waals surface area contributed by atoms with Crippen LogP contribution in [0.4, 0.5) is 5.69 Å². The van der Waals surface area contributed by atoms with E-state index in [2.05, 4.69) is 0 Å². The van der Waals surface area contributed by atoms with Crippen LogP contribution < -0.4 is 10.0 Å². The first-order valence-electron chi connectivity index (χ1n) is 6.45. The van der Waals surface area contributed by atoms with Gasteiger partial charge in [0.1, 0.15) is 0 Å². The van der Waals surface area contributed by atoms with Crippen molar-refractivity contribution < 1.29 is 24.6 Å². The third-order valence-corrected chi connectivity index (χ3v) is 5.36. The van der Waals surface area contributed by atoms with Crippen molar-refractivity contribution in [2.24, 2.45) is 0 Å². The Kier molecular flexibility index (Phi) is 4.33. The summed E-state index contributed by atoms with van der Waals surface area (Å²) in [5.41, 5.74) is -1.09. The summed E-state index contributed by atoms with van der Waals surface area (Å²) in [7, 11) is 0. The number of fused-ring (bicyclic) bond motifs is 1. The van der Waals surface area contributed by atoms with E-state index in [-0.39, 0.29) is 36.9 Å². The van der Waals surface area contributed by atoms with Gasteiger partial charge in [0.2, 0.25) is 0 Å². The molecule has 0 bridgehead atoms. The third-order valence-electron chi connectivity index (χ3n) is 3.55. The molecule has 2 aromatic rings. The summed E-state index contributed by atoms with van der Waals surface area (Å²) in [5.74, 6) is -4.00. The van der Waals surface area contributed by atoms with Crippen LogP contribution in [0.25, 0.3) is 0 Å². The lowest BCUT2D eigenvalue weighted by Crippen LogP contribution is -2.29. The van der Waals surface area contributed by atoms with Crippen LogP contribution in [0.5, 0.6) is 5.75 Å². The van der Waals surface area contributed by atoms with Gasteiger partial charge in [0.25, 0.3) is 11.8 Å². The molecule has 6 nitrogen and oxygen atoms in total. The molecule has 0 saturated carbocycles. The van der Waals surface area contributed by atoms with Crippen LogP contribution in [0.2, 0.25) is 20.1 Å². The van der Waals surface area contributed by atoms with E-state index in [4.69, 9.17) is 51.5 Å². The fourth-order valence-corrected chi connectivity index (χ4v) is 3.42. The molecule has 0 aliphatic carbocycles. The Balaban J connectivity index is 2.19. The van der Waals surface area contributed by atoms with Crippen molar-refractivity contribution >= 4 is 69.9 Å². The Morgan fingerprint density at radius 3 is 1.80 bits per heavy atom. The largest absolute Gasteiger partial charge is 0.872 e. The number of benzene rings is 2. The van der Waals surface area contributed by atoms with Crippen molar-refractivity contribution in [3.05, 3.63) is 55.0 Å². The number of aromatic carboxylic acids is 1. The van der Waals surface area contributed by atoms with Crippen molar-refractivity contribution in [3.63, 3.8) is 0 Å². The Hall–Kier alpha value is -1.99. The van der Waals surface area contributed by atoms with Crippen LogP contribution in [0.3, 0.4) is 0 Å². The van der Waals surface area contributed by atoms with Gasteiger partial charge >= 0.3 is 5.97 Å². The van der Waals surface area contributed by atoms with E-state index in [0.717, 1.165) is 18.2 Å². The molecule has 0 radical (unpaired) electrons. The molecule has 1 aliphatic rings. The van der Waals surface area contributed by atoms with Crippen molar-refractivity contribution in [2.45, 2.75) is 0 Å². The summed E-state index contributed by atoms with van der Waals surface area (Å²) in [5, 5.41) is 19.9. The normalized spacial score (nSPS) is 13.4. The summed E-state index contributed by atoms with van der Waals surface area (Å²) < 4.78 is 0. The monoisotopic (exact) mass is 418 g/mol. The number of carboxylic acids is 1. The van der Waals surface area contributed by atoms with Crippen molar-refractivity contribution in [1.82, 2.24) is 0 Å². The van der Waals surface area contributed by atoms with Crippen molar-refractivity contribution in [1.29, 1.82) is 0 Å². The van der Waals surface area contributed by atoms with Gasteiger partial charge < -0.3 is 10.2 Å². The number of carbonyl (C=O) groups excluding carboxylic acids is 2. The fourth-order valence-electron chi connectivity index (χ4n) is 2.41. The maximum Gasteiger partial charge on any atom is 0.335 e. The lowest BCUT2D eigenvalue weighted by atomic mass is 10.1. The zero-order valence-electron chi connectivity index (χ0n) is 11.8. The minimum atomic E-state index is -1.43. The highest BCUT2D eigenvalue weighted by Gasteiger charge is 2.42. The van der Waals surface area contributed by atoms with E-state index in [1.807, 2.05) is 0 Å². The predicted octanol–water partition coefficient (Wildman–Crippen LogP) is 3.87. The Labute approximate surface area is 160 Å². The van der Waals surface area contributed by atoms with Crippen molar-refractivity contribution in [3.8, 4) is 5.75 Å². The first-order valence-corrected chi connectivity index (χ1v) is 7.97. The zero-order valence-corrected chi connectivity index (χ0v) is 14.8. The smallest absolute Gasteiger partial charge is 0.335 e. The number of anilines is 1. The summed E-state index contributed by atoms with van der Waals surface area (Å²) in [6.07, 6.45) is 0. The van der Waals surface area contributed by atoms with Gasteiger partial charge in [-0.3, -0.25) is 9.59 Å². The summed E-state index contributed by atoms with van der Waals surface area (Å²) in [6.45, 7) is 0. The lowest BCUT2D eigenvalue weighted by Gasteiger charge is -2.18. The molecular formula is C15H4Cl4NO5-. The second-order valence-electron chi connectivity index (χ2n) is 4.94. The molecule has 1 heterocycles. The topological polar surface area (TPSA) is 97.7 Å². The van der Waals surface area contributed by atoms with Crippen LogP contribution in [-0.2, 0) is 0 Å². The minimum absolute atomic E-state index is 0.124. The zero-order chi connectivity index (χ0) is 18.6. The molecule has 0 atom stereocenters. The summed E-state index contributed by atoms with van der Waals surface area (Å²) in [6, 6.07) is 3.00. The molecule has 0 unspecified atom stereocenters. The Bertz CT molecular complexity index is 942. The van der Waals surface area contributed by atoms with Gasteiger partial charge in [0.15, 0.2) is 0 Å². The summed E-state index contributed by atoms with van der Waals surface area (Å²) in [4.78, 5) is 36.8.